The van der Waals surface area contributed by atoms with Crippen LogP contribution >= 0.6 is 0 Å². The molecule has 1 saturated heterocycles. The predicted molar refractivity (Wildman–Crippen MR) is 71.8 cm³/mol. The van der Waals surface area contributed by atoms with E-state index in [2.05, 4.69) is 10.6 Å². The van der Waals surface area contributed by atoms with E-state index in [0.29, 0.717) is 12.8 Å². The van der Waals surface area contributed by atoms with Crippen LogP contribution in [0.3, 0.4) is 0 Å². The summed E-state index contributed by atoms with van der Waals surface area (Å²) in [6.07, 6.45) is 7.41. The van der Waals surface area contributed by atoms with E-state index in [4.69, 9.17) is 0 Å². The lowest BCUT2D eigenvalue weighted by atomic mass is 9.88. The molecule has 1 heterocycles. The summed E-state index contributed by atoms with van der Waals surface area (Å²) >= 11 is 0. The molecular formula is C14H21N3O3. The highest BCUT2D eigenvalue weighted by Gasteiger charge is 2.52. The van der Waals surface area contributed by atoms with Crippen molar-refractivity contribution in [2.75, 3.05) is 6.54 Å². The summed E-state index contributed by atoms with van der Waals surface area (Å²) in [5.74, 6) is -0.371. The Morgan fingerprint density at radius 2 is 1.85 bits per heavy atom. The minimum atomic E-state index is -0.783. The van der Waals surface area contributed by atoms with Gasteiger partial charge in [0.15, 0.2) is 0 Å². The summed E-state index contributed by atoms with van der Waals surface area (Å²) < 4.78 is 0. The summed E-state index contributed by atoms with van der Waals surface area (Å²) in [4.78, 5) is 37.7. The van der Waals surface area contributed by atoms with Gasteiger partial charge in [0.2, 0.25) is 5.91 Å². The van der Waals surface area contributed by atoms with Crippen LogP contribution in [0.2, 0.25) is 0 Å². The minimum Gasteiger partial charge on any atom is -0.352 e. The van der Waals surface area contributed by atoms with E-state index in [1.165, 1.54) is 4.90 Å². The number of amides is 4. The second-order valence-electron chi connectivity index (χ2n) is 6.13. The zero-order chi connectivity index (χ0) is 14.2. The topological polar surface area (TPSA) is 78.5 Å². The van der Waals surface area contributed by atoms with Crippen molar-refractivity contribution in [3.8, 4) is 0 Å². The molecule has 0 bridgehead atoms. The van der Waals surface area contributed by atoms with Crippen LogP contribution in [0.15, 0.2) is 0 Å². The van der Waals surface area contributed by atoms with Gasteiger partial charge in [-0.15, -0.1) is 0 Å². The van der Waals surface area contributed by atoms with E-state index < -0.39 is 11.6 Å². The summed E-state index contributed by atoms with van der Waals surface area (Å²) in [5, 5.41) is 5.28. The maximum absolute atomic E-state index is 12.2. The molecule has 0 aromatic carbocycles. The van der Waals surface area contributed by atoms with Crippen molar-refractivity contribution in [3.63, 3.8) is 0 Å². The first-order valence-electron chi connectivity index (χ1n) is 7.54. The first-order chi connectivity index (χ1) is 9.62. The number of rotatable bonds is 3. The van der Waals surface area contributed by atoms with Crippen molar-refractivity contribution in [2.24, 2.45) is 0 Å². The van der Waals surface area contributed by atoms with Crippen molar-refractivity contribution in [2.45, 2.75) is 62.9 Å². The van der Waals surface area contributed by atoms with Crippen LogP contribution in [0.5, 0.6) is 0 Å². The summed E-state index contributed by atoms with van der Waals surface area (Å²) in [5.41, 5.74) is -0.783. The molecule has 6 nitrogen and oxygen atoms in total. The van der Waals surface area contributed by atoms with Gasteiger partial charge in [-0.2, -0.15) is 0 Å². The molecular weight excluding hydrogens is 258 g/mol. The molecule has 2 N–H and O–H groups in total. The zero-order valence-electron chi connectivity index (χ0n) is 11.6. The average molecular weight is 279 g/mol. The molecule has 3 rings (SSSR count). The maximum Gasteiger partial charge on any atom is 0.325 e. The lowest BCUT2D eigenvalue weighted by Gasteiger charge is -2.34. The van der Waals surface area contributed by atoms with E-state index in [1.54, 1.807) is 0 Å². The quantitative estimate of drug-likeness (QED) is 0.754. The van der Waals surface area contributed by atoms with Crippen LogP contribution in [-0.2, 0) is 9.59 Å². The Kier molecular flexibility index (Phi) is 3.40. The zero-order valence-corrected chi connectivity index (χ0v) is 11.6. The highest BCUT2D eigenvalue weighted by molar-refractivity contribution is 6.08. The van der Waals surface area contributed by atoms with E-state index in [1.807, 2.05) is 0 Å². The van der Waals surface area contributed by atoms with Crippen molar-refractivity contribution < 1.29 is 14.4 Å². The fourth-order valence-electron chi connectivity index (χ4n) is 3.28. The van der Waals surface area contributed by atoms with Crippen LogP contribution in [0.25, 0.3) is 0 Å². The van der Waals surface area contributed by atoms with Gasteiger partial charge in [0.05, 0.1) is 0 Å². The Balaban J connectivity index is 1.75. The molecule has 4 amide bonds. The third-order valence-corrected chi connectivity index (χ3v) is 4.58. The Hall–Kier alpha value is -1.59. The molecule has 6 heteroatoms. The van der Waals surface area contributed by atoms with Crippen molar-refractivity contribution >= 4 is 17.8 Å². The SMILES string of the molecule is O=C(CN1C(=O)NC(=O)C12CCCCCC2)NC1CC1. The molecule has 1 aliphatic heterocycles. The molecule has 110 valence electrons. The molecule has 2 saturated carbocycles. The van der Waals surface area contributed by atoms with Gasteiger partial charge in [-0.05, 0) is 25.7 Å². The number of hydrogen-bond donors (Lipinski definition) is 2. The second-order valence-corrected chi connectivity index (χ2v) is 6.13. The molecule has 1 spiro atoms. The van der Waals surface area contributed by atoms with Crippen LogP contribution in [0.1, 0.15) is 51.4 Å². The minimum absolute atomic E-state index is 0.00588. The van der Waals surface area contributed by atoms with Crippen LogP contribution in [-0.4, -0.2) is 40.9 Å². The van der Waals surface area contributed by atoms with E-state index in [-0.39, 0.29) is 24.4 Å². The largest absolute Gasteiger partial charge is 0.352 e. The molecule has 3 aliphatic rings. The van der Waals surface area contributed by atoms with Crippen LogP contribution in [0, 0.1) is 0 Å². The first-order valence-corrected chi connectivity index (χ1v) is 7.54. The molecule has 0 aromatic heterocycles. The fourth-order valence-corrected chi connectivity index (χ4v) is 3.28. The first kappa shape index (κ1) is 13.4. The number of nitrogens with zero attached hydrogens (tertiary/aromatic N) is 1. The van der Waals surface area contributed by atoms with Gasteiger partial charge in [-0.3, -0.25) is 14.9 Å². The van der Waals surface area contributed by atoms with Gasteiger partial charge in [0.25, 0.3) is 5.91 Å². The monoisotopic (exact) mass is 279 g/mol. The van der Waals surface area contributed by atoms with Gasteiger partial charge in [-0.1, -0.05) is 25.7 Å². The number of carbonyl (C=O) groups is 3. The fraction of sp³-hybridized carbons (Fsp3) is 0.786. The van der Waals surface area contributed by atoms with E-state index in [0.717, 1.165) is 38.5 Å². The lowest BCUT2D eigenvalue weighted by molar-refractivity contribution is -0.129. The number of nitrogens with one attached hydrogen (secondary N) is 2. The summed E-state index contributed by atoms with van der Waals surface area (Å²) in [6, 6.07) is -0.142. The van der Waals surface area contributed by atoms with Crippen molar-refractivity contribution in [3.05, 3.63) is 0 Å². The molecule has 0 aromatic rings. The Morgan fingerprint density at radius 1 is 1.20 bits per heavy atom. The Morgan fingerprint density at radius 3 is 2.45 bits per heavy atom. The molecule has 3 fully saturated rings. The normalized spacial score (nSPS) is 25.5. The molecule has 2 aliphatic carbocycles. The van der Waals surface area contributed by atoms with Crippen molar-refractivity contribution in [1.29, 1.82) is 0 Å². The van der Waals surface area contributed by atoms with Gasteiger partial charge in [0.1, 0.15) is 12.1 Å². The van der Waals surface area contributed by atoms with Gasteiger partial charge in [-0.25, -0.2) is 4.79 Å². The van der Waals surface area contributed by atoms with Crippen LogP contribution < -0.4 is 10.6 Å². The number of imide groups is 1. The van der Waals surface area contributed by atoms with E-state index in [9.17, 15) is 14.4 Å². The smallest absolute Gasteiger partial charge is 0.325 e. The molecule has 0 radical (unpaired) electrons. The number of urea groups is 1. The molecule has 0 atom stereocenters. The number of carbonyl (C=O) groups excluding carboxylic acids is 3. The third kappa shape index (κ3) is 2.39. The van der Waals surface area contributed by atoms with Gasteiger partial charge < -0.3 is 10.2 Å². The molecule has 0 unspecified atom stereocenters. The molecule has 20 heavy (non-hydrogen) atoms. The van der Waals surface area contributed by atoms with Crippen LogP contribution in [0.4, 0.5) is 4.79 Å². The number of hydrogen-bond acceptors (Lipinski definition) is 3. The van der Waals surface area contributed by atoms with Crippen molar-refractivity contribution in [1.82, 2.24) is 15.5 Å². The lowest BCUT2D eigenvalue weighted by Crippen LogP contribution is -2.52. The highest BCUT2D eigenvalue weighted by atomic mass is 16.2. The Labute approximate surface area is 118 Å². The standard InChI is InChI=1S/C14H21N3O3/c18-11(15-10-5-6-10)9-17-13(20)16-12(19)14(17)7-3-1-2-4-8-14/h10H,1-9H2,(H,15,18)(H,16,19,20). The Bertz CT molecular complexity index is 437. The second kappa shape index (κ2) is 5.07. The summed E-state index contributed by atoms with van der Waals surface area (Å²) in [7, 11) is 0. The third-order valence-electron chi connectivity index (χ3n) is 4.58. The summed E-state index contributed by atoms with van der Waals surface area (Å²) in [6.45, 7) is -0.00588. The average Bonchev–Trinajstić information content (AvgIpc) is 3.18. The van der Waals surface area contributed by atoms with Gasteiger partial charge >= 0.3 is 6.03 Å². The van der Waals surface area contributed by atoms with Gasteiger partial charge in [0, 0.05) is 6.04 Å². The maximum atomic E-state index is 12.2. The predicted octanol–water partition coefficient (Wildman–Crippen LogP) is 0.910. The highest BCUT2D eigenvalue weighted by Crippen LogP contribution is 2.36. The van der Waals surface area contributed by atoms with E-state index >= 15 is 0 Å².